The maximum absolute atomic E-state index is 13.4. The van der Waals surface area contributed by atoms with Gasteiger partial charge in [0, 0.05) is 16.6 Å². The molecular formula is C26H25N3O6S. The summed E-state index contributed by atoms with van der Waals surface area (Å²) in [5.41, 5.74) is 1.05. The van der Waals surface area contributed by atoms with Crippen LogP contribution in [0.3, 0.4) is 0 Å². The number of nitrogens with one attached hydrogen (secondary N) is 1. The minimum absolute atomic E-state index is 0.193. The zero-order chi connectivity index (χ0) is 25.7. The number of carbonyl (C=O) groups is 4. The van der Waals surface area contributed by atoms with Crippen LogP contribution < -0.4 is 15.0 Å². The first kappa shape index (κ1) is 24.9. The average molecular weight is 508 g/mol. The topological polar surface area (TPSA) is 105 Å². The van der Waals surface area contributed by atoms with E-state index in [4.69, 9.17) is 9.47 Å². The molecule has 0 aliphatic carbocycles. The number of nitrogens with zero attached hydrogens (tertiary/aromatic N) is 2. The molecule has 0 spiro atoms. The van der Waals surface area contributed by atoms with Gasteiger partial charge in [0.2, 0.25) is 5.91 Å². The molecule has 10 heteroatoms. The number of amides is 4. The van der Waals surface area contributed by atoms with Crippen LogP contribution >= 0.6 is 11.3 Å². The summed E-state index contributed by atoms with van der Waals surface area (Å²) >= 11 is 1.46. The van der Waals surface area contributed by atoms with Gasteiger partial charge in [0.05, 0.1) is 37.9 Å². The van der Waals surface area contributed by atoms with Gasteiger partial charge in [0.15, 0.2) is 0 Å². The summed E-state index contributed by atoms with van der Waals surface area (Å²) in [6.07, 6.45) is -0.250. The number of hydrogen-bond donors (Lipinski definition) is 1. The van der Waals surface area contributed by atoms with Crippen molar-refractivity contribution in [2.75, 3.05) is 23.9 Å². The smallest absolute Gasteiger partial charge is 0.338 e. The molecule has 4 rings (SSSR count). The van der Waals surface area contributed by atoms with E-state index in [2.05, 4.69) is 5.32 Å². The van der Waals surface area contributed by atoms with Crippen molar-refractivity contribution in [2.24, 2.45) is 0 Å². The second-order valence-electron chi connectivity index (χ2n) is 7.93. The molecule has 1 saturated heterocycles. The number of benzene rings is 2. The van der Waals surface area contributed by atoms with Crippen LogP contribution in [0.25, 0.3) is 0 Å². The monoisotopic (exact) mass is 507 g/mol. The maximum Gasteiger partial charge on any atom is 0.338 e. The first-order valence-corrected chi connectivity index (χ1v) is 12.2. The van der Waals surface area contributed by atoms with Crippen LogP contribution in [0.1, 0.15) is 28.6 Å². The molecule has 2 aromatic carbocycles. The Labute approximate surface area is 212 Å². The predicted molar refractivity (Wildman–Crippen MR) is 135 cm³/mol. The lowest BCUT2D eigenvalue weighted by Crippen LogP contribution is -2.37. The molecule has 186 valence electrons. The van der Waals surface area contributed by atoms with Gasteiger partial charge in [-0.15, -0.1) is 11.3 Å². The Bertz CT molecular complexity index is 1280. The van der Waals surface area contributed by atoms with Crippen molar-refractivity contribution in [2.45, 2.75) is 25.9 Å². The Balaban J connectivity index is 1.56. The van der Waals surface area contributed by atoms with Gasteiger partial charge in [-0.05, 0) is 48.7 Å². The summed E-state index contributed by atoms with van der Waals surface area (Å²) in [6, 6.07) is 15.2. The zero-order valence-corrected chi connectivity index (χ0v) is 20.6. The largest absolute Gasteiger partial charge is 0.497 e. The number of imide groups is 1. The number of carbonyl (C=O) groups excluding carboxylic acids is 4. The Kier molecular flexibility index (Phi) is 7.65. The van der Waals surface area contributed by atoms with Crippen LogP contribution in [0.5, 0.6) is 5.75 Å². The van der Waals surface area contributed by atoms with E-state index in [0.717, 1.165) is 9.78 Å². The molecule has 0 radical (unpaired) electrons. The molecule has 4 amide bonds. The van der Waals surface area contributed by atoms with Gasteiger partial charge >= 0.3 is 12.0 Å². The molecular weight excluding hydrogens is 482 g/mol. The summed E-state index contributed by atoms with van der Waals surface area (Å²) in [4.78, 5) is 55.2. The Hall–Kier alpha value is -4.18. The SMILES string of the molecule is CCOC(=O)c1cccc(NC(=O)CC2C(=O)N(c3cccc(OC)c3)C(=O)N2Cc2cccs2)c1. The van der Waals surface area contributed by atoms with E-state index in [1.165, 1.54) is 29.4 Å². The Morgan fingerprint density at radius 1 is 1.06 bits per heavy atom. The minimum atomic E-state index is -1.00. The van der Waals surface area contributed by atoms with Crippen molar-refractivity contribution in [3.63, 3.8) is 0 Å². The summed E-state index contributed by atoms with van der Waals surface area (Å²) in [7, 11) is 1.50. The van der Waals surface area contributed by atoms with Crippen LogP contribution in [0.15, 0.2) is 66.0 Å². The normalized spacial score (nSPS) is 15.2. The van der Waals surface area contributed by atoms with Crippen LogP contribution in [0.2, 0.25) is 0 Å². The summed E-state index contributed by atoms with van der Waals surface area (Å²) in [5.74, 6) is -0.965. The van der Waals surface area contributed by atoms with E-state index in [-0.39, 0.29) is 19.6 Å². The summed E-state index contributed by atoms with van der Waals surface area (Å²) < 4.78 is 10.2. The Morgan fingerprint density at radius 3 is 2.58 bits per heavy atom. The number of urea groups is 1. The quantitative estimate of drug-likeness (QED) is 0.342. The van der Waals surface area contributed by atoms with Crippen molar-refractivity contribution < 1.29 is 28.7 Å². The second kappa shape index (κ2) is 11.0. The summed E-state index contributed by atoms with van der Waals surface area (Å²) in [5, 5.41) is 4.61. The fourth-order valence-corrected chi connectivity index (χ4v) is 4.60. The van der Waals surface area contributed by atoms with Crippen molar-refractivity contribution in [1.82, 2.24) is 4.90 Å². The van der Waals surface area contributed by atoms with Gasteiger partial charge in [0.1, 0.15) is 11.8 Å². The van der Waals surface area contributed by atoms with Crippen molar-refractivity contribution in [1.29, 1.82) is 0 Å². The van der Waals surface area contributed by atoms with E-state index in [1.807, 2.05) is 17.5 Å². The van der Waals surface area contributed by atoms with E-state index in [1.54, 1.807) is 49.4 Å². The number of rotatable bonds is 9. The van der Waals surface area contributed by atoms with Crippen LogP contribution in [-0.4, -0.2) is 48.5 Å². The van der Waals surface area contributed by atoms with Gasteiger partial charge in [-0.3, -0.25) is 9.59 Å². The number of methoxy groups -OCH3 is 1. The molecule has 9 nitrogen and oxygen atoms in total. The van der Waals surface area contributed by atoms with E-state index in [0.29, 0.717) is 22.7 Å². The number of anilines is 2. The molecule has 36 heavy (non-hydrogen) atoms. The highest BCUT2D eigenvalue weighted by atomic mass is 32.1. The molecule has 0 saturated carbocycles. The third-order valence-corrected chi connectivity index (χ3v) is 6.43. The zero-order valence-electron chi connectivity index (χ0n) is 19.8. The third kappa shape index (κ3) is 5.38. The van der Waals surface area contributed by atoms with Gasteiger partial charge in [-0.1, -0.05) is 18.2 Å². The van der Waals surface area contributed by atoms with E-state index < -0.39 is 29.9 Å². The highest BCUT2D eigenvalue weighted by molar-refractivity contribution is 7.09. The van der Waals surface area contributed by atoms with Crippen molar-refractivity contribution in [3.05, 3.63) is 76.5 Å². The standard InChI is InChI=1S/C26H25N3O6S/c1-3-35-25(32)17-7-4-8-18(13-17)27-23(30)15-22-24(31)29(19-9-5-10-20(14-19)34-2)26(33)28(22)16-21-11-6-12-36-21/h4-14,22H,3,15-16H2,1-2H3,(H,27,30). The van der Waals surface area contributed by atoms with Crippen LogP contribution in [0.4, 0.5) is 16.2 Å². The Morgan fingerprint density at radius 2 is 1.86 bits per heavy atom. The number of ether oxygens (including phenoxy) is 2. The number of hydrogen-bond acceptors (Lipinski definition) is 7. The summed E-state index contributed by atoms with van der Waals surface area (Å²) in [6.45, 7) is 2.14. The third-order valence-electron chi connectivity index (χ3n) is 5.57. The van der Waals surface area contributed by atoms with Gasteiger partial charge < -0.3 is 19.7 Å². The number of esters is 1. The van der Waals surface area contributed by atoms with E-state index in [9.17, 15) is 19.2 Å². The molecule has 1 unspecified atom stereocenters. The first-order valence-electron chi connectivity index (χ1n) is 11.3. The molecule has 1 aliphatic heterocycles. The fourth-order valence-electron chi connectivity index (χ4n) is 3.90. The molecule has 1 atom stereocenters. The lowest BCUT2D eigenvalue weighted by atomic mass is 10.1. The van der Waals surface area contributed by atoms with Gasteiger partial charge in [-0.25, -0.2) is 14.5 Å². The maximum atomic E-state index is 13.4. The predicted octanol–water partition coefficient (Wildman–Crippen LogP) is 4.30. The average Bonchev–Trinajstić information content (AvgIpc) is 3.47. The van der Waals surface area contributed by atoms with Crippen LogP contribution in [-0.2, 0) is 20.9 Å². The van der Waals surface area contributed by atoms with Crippen molar-refractivity contribution in [3.8, 4) is 5.75 Å². The van der Waals surface area contributed by atoms with Crippen molar-refractivity contribution >= 4 is 46.5 Å². The molecule has 0 bridgehead atoms. The highest BCUT2D eigenvalue weighted by Crippen LogP contribution is 2.31. The minimum Gasteiger partial charge on any atom is -0.497 e. The molecule has 1 N–H and O–H groups in total. The molecule has 2 heterocycles. The lowest BCUT2D eigenvalue weighted by Gasteiger charge is -2.21. The first-order chi connectivity index (χ1) is 17.4. The molecule has 1 fully saturated rings. The fraction of sp³-hybridized carbons (Fsp3) is 0.231. The lowest BCUT2D eigenvalue weighted by molar-refractivity contribution is -0.124. The molecule has 1 aliphatic rings. The molecule has 3 aromatic rings. The van der Waals surface area contributed by atoms with Crippen LogP contribution in [0, 0.1) is 0 Å². The van der Waals surface area contributed by atoms with Gasteiger partial charge in [-0.2, -0.15) is 0 Å². The molecule has 1 aromatic heterocycles. The van der Waals surface area contributed by atoms with E-state index >= 15 is 0 Å². The highest BCUT2D eigenvalue weighted by Gasteiger charge is 2.46. The van der Waals surface area contributed by atoms with Gasteiger partial charge in [0.25, 0.3) is 5.91 Å². The second-order valence-corrected chi connectivity index (χ2v) is 8.97. The number of thiophene rings is 1.